The Bertz CT molecular complexity index is 348. The maximum absolute atomic E-state index is 5.94. The van der Waals surface area contributed by atoms with Gasteiger partial charge >= 0.3 is 0 Å². The molecule has 2 unspecified atom stereocenters. The number of nitrogens with one attached hydrogen (secondary N) is 1. The first-order valence-electron chi connectivity index (χ1n) is 7.07. The van der Waals surface area contributed by atoms with Gasteiger partial charge in [0.05, 0.1) is 19.3 Å². The van der Waals surface area contributed by atoms with Gasteiger partial charge in [-0.2, -0.15) is 0 Å². The zero-order valence-electron chi connectivity index (χ0n) is 12.8. The second-order valence-corrected chi connectivity index (χ2v) is 5.24. The molecule has 0 radical (unpaired) electrons. The molecule has 0 saturated carbocycles. The van der Waals surface area contributed by atoms with Crippen molar-refractivity contribution in [2.24, 2.45) is 5.92 Å². The topological polar surface area (TPSA) is 30.5 Å². The number of hydrogen-bond donors (Lipinski definition) is 1. The third-order valence-corrected chi connectivity index (χ3v) is 3.06. The van der Waals surface area contributed by atoms with Gasteiger partial charge in [0.1, 0.15) is 5.75 Å². The molecule has 3 nitrogen and oxygen atoms in total. The summed E-state index contributed by atoms with van der Waals surface area (Å²) in [6, 6.07) is 8.40. The first-order valence-corrected chi connectivity index (χ1v) is 7.07. The molecule has 19 heavy (non-hydrogen) atoms. The number of rotatable bonds is 8. The van der Waals surface area contributed by atoms with E-state index in [1.165, 1.54) is 5.56 Å². The lowest BCUT2D eigenvalue weighted by atomic mass is 10.0. The predicted molar refractivity (Wildman–Crippen MR) is 79.7 cm³/mol. The lowest BCUT2D eigenvalue weighted by molar-refractivity contribution is 0.0232. The second-order valence-electron chi connectivity index (χ2n) is 5.24. The van der Waals surface area contributed by atoms with E-state index in [-0.39, 0.29) is 12.1 Å². The Morgan fingerprint density at radius 1 is 1.11 bits per heavy atom. The first-order chi connectivity index (χ1) is 9.08. The van der Waals surface area contributed by atoms with E-state index in [9.17, 15) is 0 Å². The molecule has 1 rings (SSSR count). The lowest BCUT2D eigenvalue weighted by Gasteiger charge is -2.26. The summed E-state index contributed by atoms with van der Waals surface area (Å²) in [7, 11) is 1.69. The average molecular weight is 265 g/mol. The molecule has 0 aliphatic carbocycles. The van der Waals surface area contributed by atoms with Gasteiger partial charge in [0, 0.05) is 6.61 Å². The number of hydrogen-bond acceptors (Lipinski definition) is 3. The van der Waals surface area contributed by atoms with Gasteiger partial charge < -0.3 is 14.8 Å². The molecule has 0 bridgehead atoms. The first kappa shape index (κ1) is 16.0. The Hall–Kier alpha value is -1.06. The van der Waals surface area contributed by atoms with Gasteiger partial charge in [0.25, 0.3) is 0 Å². The number of benzene rings is 1. The van der Waals surface area contributed by atoms with Crippen molar-refractivity contribution in [2.75, 3.05) is 20.3 Å². The SMILES string of the molecule is CCNC(c1ccc(OC)cc1)C(C)OCC(C)C. The largest absolute Gasteiger partial charge is 0.497 e. The highest BCUT2D eigenvalue weighted by Crippen LogP contribution is 2.22. The molecule has 2 atom stereocenters. The summed E-state index contributed by atoms with van der Waals surface area (Å²) in [5, 5.41) is 3.49. The van der Waals surface area contributed by atoms with Crippen LogP contribution in [0.15, 0.2) is 24.3 Å². The molecule has 0 aliphatic rings. The van der Waals surface area contributed by atoms with Crippen molar-refractivity contribution in [3.63, 3.8) is 0 Å². The summed E-state index contributed by atoms with van der Waals surface area (Å²) in [6.45, 7) is 10.3. The minimum Gasteiger partial charge on any atom is -0.497 e. The lowest BCUT2D eigenvalue weighted by Crippen LogP contribution is -2.32. The number of ether oxygens (including phenoxy) is 2. The second kappa shape index (κ2) is 8.18. The van der Waals surface area contributed by atoms with E-state index in [0.717, 1.165) is 18.9 Å². The van der Waals surface area contributed by atoms with Crippen LogP contribution in [0, 0.1) is 5.92 Å². The van der Waals surface area contributed by atoms with Crippen molar-refractivity contribution in [3.05, 3.63) is 29.8 Å². The molecule has 1 aromatic rings. The van der Waals surface area contributed by atoms with Crippen molar-refractivity contribution in [2.45, 2.75) is 39.8 Å². The Morgan fingerprint density at radius 2 is 1.74 bits per heavy atom. The van der Waals surface area contributed by atoms with Crippen LogP contribution in [-0.4, -0.2) is 26.4 Å². The van der Waals surface area contributed by atoms with Crippen LogP contribution in [-0.2, 0) is 4.74 Å². The van der Waals surface area contributed by atoms with Crippen LogP contribution in [0.5, 0.6) is 5.75 Å². The third-order valence-electron chi connectivity index (χ3n) is 3.06. The summed E-state index contributed by atoms with van der Waals surface area (Å²) >= 11 is 0. The van der Waals surface area contributed by atoms with E-state index >= 15 is 0 Å². The molecule has 1 aromatic carbocycles. The van der Waals surface area contributed by atoms with Gasteiger partial charge in [0.15, 0.2) is 0 Å². The summed E-state index contributed by atoms with van der Waals surface area (Å²) in [5.41, 5.74) is 1.24. The molecule has 1 N–H and O–H groups in total. The van der Waals surface area contributed by atoms with E-state index < -0.39 is 0 Å². The van der Waals surface area contributed by atoms with Crippen LogP contribution in [0.1, 0.15) is 39.3 Å². The molecule has 0 saturated heterocycles. The van der Waals surface area contributed by atoms with Crippen LogP contribution in [0.2, 0.25) is 0 Å². The summed E-state index contributed by atoms with van der Waals surface area (Å²) in [6.07, 6.45) is 0.149. The van der Waals surface area contributed by atoms with Crippen molar-refractivity contribution < 1.29 is 9.47 Å². The van der Waals surface area contributed by atoms with Gasteiger partial charge in [0.2, 0.25) is 0 Å². The van der Waals surface area contributed by atoms with Gasteiger partial charge in [-0.05, 0) is 37.1 Å². The standard InChI is InChI=1S/C16H27NO2/c1-6-17-16(13(4)19-11-12(2)3)14-7-9-15(18-5)10-8-14/h7-10,12-13,16-17H,6,11H2,1-5H3. The van der Waals surface area contributed by atoms with Crippen molar-refractivity contribution in [1.82, 2.24) is 5.32 Å². The normalized spacial score (nSPS) is 14.4. The van der Waals surface area contributed by atoms with Gasteiger partial charge in [-0.15, -0.1) is 0 Å². The zero-order chi connectivity index (χ0) is 14.3. The Balaban J connectivity index is 2.73. The fraction of sp³-hybridized carbons (Fsp3) is 0.625. The molecule has 0 aliphatic heterocycles. The van der Waals surface area contributed by atoms with Crippen molar-refractivity contribution in [1.29, 1.82) is 0 Å². The molecular weight excluding hydrogens is 238 g/mol. The van der Waals surface area contributed by atoms with E-state index in [1.807, 2.05) is 12.1 Å². The fourth-order valence-electron chi connectivity index (χ4n) is 2.03. The minimum absolute atomic E-state index is 0.149. The fourth-order valence-corrected chi connectivity index (χ4v) is 2.03. The summed E-state index contributed by atoms with van der Waals surface area (Å²) in [4.78, 5) is 0. The highest BCUT2D eigenvalue weighted by molar-refractivity contribution is 5.29. The minimum atomic E-state index is 0.149. The van der Waals surface area contributed by atoms with Crippen molar-refractivity contribution >= 4 is 0 Å². The molecule has 0 amide bonds. The maximum Gasteiger partial charge on any atom is 0.118 e. The average Bonchev–Trinajstić information content (AvgIpc) is 2.42. The van der Waals surface area contributed by atoms with E-state index in [0.29, 0.717) is 5.92 Å². The molecule has 108 valence electrons. The number of likely N-dealkylation sites (N-methyl/N-ethyl adjacent to an activating group) is 1. The molecule has 0 heterocycles. The smallest absolute Gasteiger partial charge is 0.118 e. The molecule has 0 spiro atoms. The summed E-state index contributed by atoms with van der Waals surface area (Å²) < 4.78 is 11.1. The van der Waals surface area contributed by atoms with Crippen LogP contribution in [0.4, 0.5) is 0 Å². The Labute approximate surface area is 117 Å². The van der Waals surface area contributed by atoms with Crippen LogP contribution >= 0.6 is 0 Å². The third kappa shape index (κ3) is 5.21. The molecular formula is C16H27NO2. The Kier molecular flexibility index (Phi) is 6.89. The number of methoxy groups -OCH3 is 1. The van der Waals surface area contributed by atoms with E-state index in [4.69, 9.17) is 9.47 Å². The zero-order valence-corrected chi connectivity index (χ0v) is 12.8. The van der Waals surface area contributed by atoms with E-state index in [2.05, 4.69) is 45.1 Å². The summed E-state index contributed by atoms with van der Waals surface area (Å²) in [5.74, 6) is 1.44. The highest BCUT2D eigenvalue weighted by atomic mass is 16.5. The monoisotopic (exact) mass is 265 g/mol. The highest BCUT2D eigenvalue weighted by Gasteiger charge is 2.19. The van der Waals surface area contributed by atoms with Crippen LogP contribution in [0.3, 0.4) is 0 Å². The quantitative estimate of drug-likeness (QED) is 0.781. The van der Waals surface area contributed by atoms with Crippen LogP contribution < -0.4 is 10.1 Å². The Morgan fingerprint density at radius 3 is 2.21 bits per heavy atom. The molecule has 0 fully saturated rings. The van der Waals surface area contributed by atoms with Gasteiger partial charge in [-0.3, -0.25) is 0 Å². The van der Waals surface area contributed by atoms with Crippen molar-refractivity contribution in [3.8, 4) is 5.75 Å². The van der Waals surface area contributed by atoms with E-state index in [1.54, 1.807) is 7.11 Å². The maximum atomic E-state index is 5.94. The van der Waals surface area contributed by atoms with Gasteiger partial charge in [-0.25, -0.2) is 0 Å². The predicted octanol–water partition coefficient (Wildman–Crippen LogP) is 3.41. The van der Waals surface area contributed by atoms with Gasteiger partial charge in [-0.1, -0.05) is 32.9 Å². The van der Waals surface area contributed by atoms with Crippen LogP contribution in [0.25, 0.3) is 0 Å². The molecule has 0 aromatic heterocycles. The molecule has 3 heteroatoms.